The lowest BCUT2D eigenvalue weighted by Crippen LogP contribution is -2.40. The Hall–Kier alpha value is -1.58. The van der Waals surface area contributed by atoms with E-state index in [-0.39, 0.29) is 11.4 Å². The summed E-state index contributed by atoms with van der Waals surface area (Å²) in [4.78, 5) is 18.7. The van der Waals surface area contributed by atoms with Crippen LogP contribution in [0, 0.1) is 5.92 Å². The molecule has 0 bridgehead atoms. The zero-order chi connectivity index (χ0) is 14.8. The first-order valence-electron chi connectivity index (χ1n) is 7.38. The van der Waals surface area contributed by atoms with Gasteiger partial charge in [-0.2, -0.15) is 0 Å². The molecule has 1 saturated heterocycles. The number of nitrogens with one attached hydrogen (secondary N) is 1. The van der Waals surface area contributed by atoms with Gasteiger partial charge < -0.3 is 10.2 Å². The number of carbonyl (C=O) groups excluding carboxylic acids is 1. The summed E-state index contributed by atoms with van der Waals surface area (Å²) in [6.07, 6.45) is 5.90. The molecule has 1 amide bonds. The average Bonchev–Trinajstić information content (AvgIpc) is 2.38. The van der Waals surface area contributed by atoms with E-state index < -0.39 is 0 Å². The van der Waals surface area contributed by atoms with E-state index in [1.165, 1.54) is 12.8 Å². The van der Waals surface area contributed by atoms with E-state index in [1.54, 1.807) is 6.20 Å². The topological polar surface area (TPSA) is 45.2 Å². The van der Waals surface area contributed by atoms with Gasteiger partial charge >= 0.3 is 0 Å². The number of amides is 1. The Kier molecular flexibility index (Phi) is 4.31. The van der Waals surface area contributed by atoms with Gasteiger partial charge in [0.1, 0.15) is 0 Å². The molecule has 0 radical (unpaired) electrons. The molecule has 1 N–H and O–H groups in total. The summed E-state index contributed by atoms with van der Waals surface area (Å²) >= 11 is 0. The molecule has 4 nitrogen and oxygen atoms in total. The van der Waals surface area contributed by atoms with Gasteiger partial charge in [0.25, 0.3) is 5.91 Å². The number of hydrogen-bond acceptors (Lipinski definition) is 3. The van der Waals surface area contributed by atoms with Crippen molar-refractivity contribution in [3.63, 3.8) is 0 Å². The molecule has 0 aromatic carbocycles. The Bertz CT molecular complexity index is 471. The SMILES string of the molecule is CC1CCN(c2cncc(C(=O)NC(C)(C)C)c2)CC1. The Morgan fingerprint density at radius 1 is 1.30 bits per heavy atom. The molecule has 2 heterocycles. The molecule has 0 unspecified atom stereocenters. The van der Waals surface area contributed by atoms with E-state index >= 15 is 0 Å². The number of anilines is 1. The van der Waals surface area contributed by atoms with Crippen LogP contribution in [-0.2, 0) is 0 Å². The fourth-order valence-corrected chi connectivity index (χ4v) is 2.40. The van der Waals surface area contributed by atoms with Gasteiger partial charge in [-0.05, 0) is 45.6 Å². The summed E-state index contributed by atoms with van der Waals surface area (Å²) in [6.45, 7) is 10.3. The standard InChI is InChI=1S/C16H25N3O/c1-12-5-7-19(8-6-12)14-9-13(10-17-11-14)15(20)18-16(2,3)4/h9-12H,5-8H2,1-4H3,(H,18,20). The smallest absolute Gasteiger partial charge is 0.253 e. The van der Waals surface area contributed by atoms with Crippen LogP contribution in [0.4, 0.5) is 5.69 Å². The monoisotopic (exact) mass is 275 g/mol. The van der Waals surface area contributed by atoms with Crippen molar-refractivity contribution in [3.05, 3.63) is 24.0 Å². The Morgan fingerprint density at radius 2 is 1.95 bits per heavy atom. The van der Waals surface area contributed by atoms with Crippen LogP contribution in [0.1, 0.15) is 50.9 Å². The predicted molar refractivity (Wildman–Crippen MR) is 82.1 cm³/mol. The van der Waals surface area contributed by atoms with Gasteiger partial charge in [0.15, 0.2) is 0 Å². The molecule has 1 aromatic heterocycles. The van der Waals surface area contributed by atoms with Crippen LogP contribution in [0.15, 0.2) is 18.5 Å². The molecule has 1 aromatic rings. The van der Waals surface area contributed by atoms with E-state index in [0.717, 1.165) is 24.7 Å². The Morgan fingerprint density at radius 3 is 2.55 bits per heavy atom. The zero-order valence-electron chi connectivity index (χ0n) is 12.9. The minimum absolute atomic E-state index is 0.0581. The number of rotatable bonds is 2. The van der Waals surface area contributed by atoms with Crippen molar-refractivity contribution in [2.24, 2.45) is 5.92 Å². The summed E-state index contributed by atoms with van der Waals surface area (Å²) in [5, 5.41) is 2.98. The van der Waals surface area contributed by atoms with Crippen molar-refractivity contribution in [1.82, 2.24) is 10.3 Å². The highest BCUT2D eigenvalue weighted by molar-refractivity contribution is 5.95. The lowest BCUT2D eigenvalue weighted by atomic mass is 9.99. The molecule has 4 heteroatoms. The van der Waals surface area contributed by atoms with Crippen molar-refractivity contribution >= 4 is 11.6 Å². The minimum atomic E-state index is -0.229. The largest absolute Gasteiger partial charge is 0.370 e. The Labute approximate surface area is 121 Å². The summed E-state index contributed by atoms with van der Waals surface area (Å²) in [5.41, 5.74) is 1.46. The molecule has 20 heavy (non-hydrogen) atoms. The molecule has 1 aliphatic heterocycles. The maximum atomic E-state index is 12.2. The van der Waals surface area contributed by atoms with Gasteiger partial charge in [-0.25, -0.2) is 0 Å². The third-order valence-corrected chi connectivity index (χ3v) is 3.62. The third-order valence-electron chi connectivity index (χ3n) is 3.62. The summed E-state index contributed by atoms with van der Waals surface area (Å²) in [5.74, 6) is 0.740. The van der Waals surface area contributed by atoms with Crippen molar-refractivity contribution in [1.29, 1.82) is 0 Å². The predicted octanol–water partition coefficient (Wildman–Crippen LogP) is 2.85. The summed E-state index contributed by atoms with van der Waals surface area (Å²) in [6, 6.07) is 1.95. The van der Waals surface area contributed by atoms with Crippen molar-refractivity contribution in [3.8, 4) is 0 Å². The number of carbonyl (C=O) groups is 1. The van der Waals surface area contributed by atoms with Crippen LogP contribution < -0.4 is 10.2 Å². The molecule has 1 aliphatic rings. The second kappa shape index (κ2) is 5.81. The Balaban J connectivity index is 2.10. The lowest BCUT2D eigenvalue weighted by molar-refractivity contribution is 0.0919. The van der Waals surface area contributed by atoms with E-state index in [2.05, 4.69) is 22.1 Å². The second-order valence-electron chi connectivity index (χ2n) is 6.81. The maximum Gasteiger partial charge on any atom is 0.253 e. The number of pyridine rings is 1. The summed E-state index contributed by atoms with van der Waals surface area (Å²) in [7, 11) is 0. The normalized spacial score (nSPS) is 17.1. The zero-order valence-corrected chi connectivity index (χ0v) is 12.9. The van der Waals surface area contributed by atoms with Gasteiger partial charge in [0, 0.05) is 24.8 Å². The van der Waals surface area contributed by atoms with Crippen LogP contribution in [0.2, 0.25) is 0 Å². The number of hydrogen-bond donors (Lipinski definition) is 1. The van der Waals surface area contributed by atoms with Crippen LogP contribution in [-0.4, -0.2) is 29.5 Å². The minimum Gasteiger partial charge on any atom is -0.370 e. The highest BCUT2D eigenvalue weighted by atomic mass is 16.1. The molecule has 0 atom stereocenters. The van der Waals surface area contributed by atoms with Crippen molar-refractivity contribution in [2.75, 3.05) is 18.0 Å². The van der Waals surface area contributed by atoms with Gasteiger partial charge in [-0.1, -0.05) is 6.92 Å². The third kappa shape index (κ3) is 3.95. The first-order valence-corrected chi connectivity index (χ1v) is 7.38. The summed E-state index contributed by atoms with van der Waals surface area (Å²) < 4.78 is 0. The van der Waals surface area contributed by atoms with Crippen LogP contribution >= 0.6 is 0 Å². The van der Waals surface area contributed by atoms with Crippen molar-refractivity contribution < 1.29 is 4.79 Å². The molecule has 1 fully saturated rings. The quantitative estimate of drug-likeness (QED) is 0.902. The molecule has 0 aliphatic carbocycles. The molecule has 0 spiro atoms. The van der Waals surface area contributed by atoms with E-state index in [1.807, 2.05) is 33.0 Å². The molecular weight excluding hydrogens is 250 g/mol. The van der Waals surface area contributed by atoms with Gasteiger partial charge in [-0.3, -0.25) is 9.78 Å². The fourth-order valence-electron chi connectivity index (χ4n) is 2.40. The number of aromatic nitrogens is 1. The lowest BCUT2D eigenvalue weighted by Gasteiger charge is -2.32. The highest BCUT2D eigenvalue weighted by Gasteiger charge is 2.19. The van der Waals surface area contributed by atoms with Crippen LogP contribution in [0.5, 0.6) is 0 Å². The highest BCUT2D eigenvalue weighted by Crippen LogP contribution is 2.23. The van der Waals surface area contributed by atoms with Crippen LogP contribution in [0.25, 0.3) is 0 Å². The van der Waals surface area contributed by atoms with Crippen molar-refractivity contribution in [2.45, 2.75) is 46.1 Å². The average molecular weight is 275 g/mol. The van der Waals surface area contributed by atoms with Gasteiger partial charge in [0.2, 0.25) is 0 Å². The molecule has 2 rings (SSSR count). The van der Waals surface area contributed by atoms with Gasteiger partial charge in [-0.15, -0.1) is 0 Å². The van der Waals surface area contributed by atoms with E-state index in [0.29, 0.717) is 5.56 Å². The van der Waals surface area contributed by atoms with E-state index in [9.17, 15) is 4.79 Å². The number of nitrogens with zero attached hydrogens (tertiary/aromatic N) is 2. The number of piperidine rings is 1. The van der Waals surface area contributed by atoms with E-state index in [4.69, 9.17) is 0 Å². The maximum absolute atomic E-state index is 12.2. The fraction of sp³-hybridized carbons (Fsp3) is 0.625. The second-order valence-corrected chi connectivity index (χ2v) is 6.81. The molecule has 0 saturated carbocycles. The first kappa shape index (κ1) is 14.8. The first-order chi connectivity index (χ1) is 9.35. The van der Waals surface area contributed by atoms with Crippen LogP contribution in [0.3, 0.4) is 0 Å². The molecule has 110 valence electrons. The van der Waals surface area contributed by atoms with Gasteiger partial charge in [0.05, 0.1) is 17.4 Å². The molecular formula is C16H25N3O.